The number of ketones is 1. The molecule has 1 aromatic heterocycles. The average molecular weight is 636 g/mol. The van der Waals surface area contributed by atoms with Crippen LogP contribution >= 0.6 is 0 Å². The lowest BCUT2D eigenvalue weighted by Crippen LogP contribution is -2.57. The van der Waals surface area contributed by atoms with Crippen molar-refractivity contribution >= 4 is 35.4 Å². The van der Waals surface area contributed by atoms with Crippen molar-refractivity contribution in [3.8, 4) is 0 Å². The lowest BCUT2D eigenvalue weighted by Gasteiger charge is -2.25. The predicted octanol–water partition coefficient (Wildman–Crippen LogP) is -0.00960. The minimum absolute atomic E-state index is 0.00212. The first-order valence-corrected chi connectivity index (χ1v) is 14.6. The van der Waals surface area contributed by atoms with E-state index in [4.69, 9.17) is 17.2 Å². The number of nitrogens with one attached hydrogen (secondary N) is 4. The number of H-pyrrole nitrogens is 1. The monoisotopic (exact) mass is 635 g/mol. The number of imidazole rings is 1. The first-order chi connectivity index (χ1) is 22.0. The van der Waals surface area contributed by atoms with Crippen LogP contribution in [0.3, 0.4) is 0 Å². The molecule has 0 aliphatic carbocycles. The van der Waals surface area contributed by atoms with Crippen molar-refractivity contribution in [1.82, 2.24) is 25.9 Å². The zero-order chi connectivity index (χ0) is 33.5. The van der Waals surface area contributed by atoms with Gasteiger partial charge in [0, 0.05) is 49.7 Å². The van der Waals surface area contributed by atoms with Crippen LogP contribution in [0.2, 0.25) is 0 Å². The summed E-state index contributed by atoms with van der Waals surface area (Å²) in [4.78, 5) is 75.3. The van der Waals surface area contributed by atoms with Crippen LogP contribution in [-0.4, -0.2) is 70.0 Å². The molecule has 15 heteroatoms. The highest BCUT2D eigenvalue weighted by atomic mass is 19.1. The van der Waals surface area contributed by atoms with Crippen molar-refractivity contribution in [2.45, 2.75) is 56.7 Å². The molecule has 0 unspecified atom stereocenters. The van der Waals surface area contributed by atoms with Crippen LogP contribution in [0.4, 0.5) is 4.39 Å². The van der Waals surface area contributed by atoms with E-state index < -0.39 is 47.6 Å². The summed E-state index contributed by atoms with van der Waals surface area (Å²) < 4.78 is 13.2. The lowest BCUT2D eigenvalue weighted by atomic mass is 10.0. The second kappa shape index (κ2) is 17.6. The number of aromatic amines is 1. The summed E-state index contributed by atoms with van der Waals surface area (Å²) in [5.41, 5.74) is 17.7. The van der Waals surface area contributed by atoms with Crippen molar-refractivity contribution in [1.29, 1.82) is 0 Å². The molecule has 3 aromatic rings. The molecule has 4 amide bonds. The van der Waals surface area contributed by atoms with Gasteiger partial charge in [0.25, 0.3) is 0 Å². The molecule has 0 radical (unpaired) electrons. The van der Waals surface area contributed by atoms with Crippen molar-refractivity contribution in [2.75, 3.05) is 6.54 Å². The molecule has 1 heterocycles. The number of carbonyl (C=O) groups is 5. The van der Waals surface area contributed by atoms with Crippen LogP contribution in [0.15, 0.2) is 72.1 Å². The minimum atomic E-state index is -1.16. The number of nitrogens with two attached hydrogens (primary N) is 3. The molecule has 3 atom stereocenters. The molecule has 10 N–H and O–H groups in total. The summed E-state index contributed by atoms with van der Waals surface area (Å²) in [6, 6.07) is 10.5. The summed E-state index contributed by atoms with van der Waals surface area (Å²) in [7, 11) is 0. The second-order valence-electron chi connectivity index (χ2n) is 10.5. The third-order valence-electron chi connectivity index (χ3n) is 6.90. The third-order valence-corrected chi connectivity index (χ3v) is 6.90. The van der Waals surface area contributed by atoms with Gasteiger partial charge in [-0.1, -0.05) is 30.3 Å². The number of hydrogen-bond acceptors (Lipinski definition) is 7. The number of guanidine groups is 1. The Labute approximate surface area is 264 Å². The van der Waals surface area contributed by atoms with E-state index in [1.165, 1.54) is 24.7 Å². The highest BCUT2D eigenvalue weighted by molar-refractivity contribution is 5.98. The Hall–Kier alpha value is -5.60. The fraction of sp³-hybridized carbons (Fsp3) is 0.323. The number of aromatic nitrogens is 2. The Morgan fingerprint density at radius 3 is 2.09 bits per heavy atom. The Bertz CT molecular complexity index is 1490. The van der Waals surface area contributed by atoms with Gasteiger partial charge in [-0.05, 0) is 42.7 Å². The van der Waals surface area contributed by atoms with Gasteiger partial charge < -0.3 is 38.1 Å². The molecule has 0 fully saturated rings. The normalized spacial score (nSPS) is 12.6. The maximum absolute atomic E-state index is 13.6. The number of primary amides is 1. The molecule has 0 saturated heterocycles. The van der Waals surface area contributed by atoms with Crippen LogP contribution in [0.25, 0.3) is 0 Å². The van der Waals surface area contributed by atoms with Gasteiger partial charge >= 0.3 is 0 Å². The molecule has 14 nitrogen and oxygen atoms in total. The highest BCUT2D eigenvalue weighted by Gasteiger charge is 2.30. The molecule has 46 heavy (non-hydrogen) atoms. The van der Waals surface area contributed by atoms with Gasteiger partial charge in [0.2, 0.25) is 23.6 Å². The van der Waals surface area contributed by atoms with E-state index in [9.17, 15) is 28.4 Å². The van der Waals surface area contributed by atoms with Crippen LogP contribution in [0.1, 0.15) is 47.3 Å². The molecule has 3 rings (SSSR count). The number of amides is 4. The summed E-state index contributed by atoms with van der Waals surface area (Å²) in [5, 5.41) is 7.93. The van der Waals surface area contributed by atoms with Gasteiger partial charge in [-0.25, -0.2) is 9.37 Å². The summed E-state index contributed by atoms with van der Waals surface area (Å²) in [6.07, 6.45) is 3.05. The van der Waals surface area contributed by atoms with Crippen LogP contribution in [0.5, 0.6) is 0 Å². The van der Waals surface area contributed by atoms with E-state index >= 15 is 0 Å². The zero-order valence-electron chi connectivity index (χ0n) is 25.1. The maximum Gasteiger partial charge on any atom is 0.243 e. The molecule has 0 aliphatic heterocycles. The van der Waals surface area contributed by atoms with Crippen molar-refractivity contribution in [3.05, 3.63) is 89.8 Å². The summed E-state index contributed by atoms with van der Waals surface area (Å²) >= 11 is 0. The first kappa shape index (κ1) is 34.9. The van der Waals surface area contributed by atoms with E-state index in [0.717, 1.165) is 17.7 Å². The van der Waals surface area contributed by atoms with Crippen LogP contribution in [0, 0.1) is 5.82 Å². The molecular weight excluding hydrogens is 597 g/mol. The Morgan fingerprint density at radius 1 is 0.826 bits per heavy atom. The van der Waals surface area contributed by atoms with Crippen LogP contribution in [-0.2, 0) is 32.0 Å². The Morgan fingerprint density at radius 2 is 1.48 bits per heavy atom. The molecule has 0 aliphatic rings. The third kappa shape index (κ3) is 11.8. The lowest BCUT2D eigenvalue weighted by molar-refractivity contribution is -0.133. The smallest absolute Gasteiger partial charge is 0.243 e. The molecule has 0 spiro atoms. The molecule has 0 bridgehead atoms. The van der Waals surface area contributed by atoms with Gasteiger partial charge in [-0.2, -0.15) is 0 Å². The number of nitrogens with zero attached hydrogens (tertiary/aromatic N) is 2. The van der Waals surface area contributed by atoms with Gasteiger partial charge in [-0.3, -0.25) is 29.0 Å². The summed E-state index contributed by atoms with van der Waals surface area (Å²) in [6.45, 7) is 0.219. The molecule has 0 saturated carbocycles. The Balaban J connectivity index is 1.73. The average Bonchev–Trinajstić information content (AvgIpc) is 3.54. The number of halogens is 1. The van der Waals surface area contributed by atoms with Crippen molar-refractivity contribution < 1.29 is 28.4 Å². The first-order valence-electron chi connectivity index (χ1n) is 14.6. The number of hydrogen-bond donors (Lipinski definition) is 7. The van der Waals surface area contributed by atoms with Gasteiger partial charge in [0.15, 0.2) is 11.7 Å². The molecular formula is C31H38FN9O5. The number of aliphatic imine (C=N–C) groups is 1. The molecule has 244 valence electrons. The highest BCUT2D eigenvalue weighted by Crippen LogP contribution is 2.10. The predicted molar refractivity (Wildman–Crippen MR) is 167 cm³/mol. The minimum Gasteiger partial charge on any atom is -0.370 e. The fourth-order valence-corrected chi connectivity index (χ4v) is 4.49. The molecule has 2 aromatic carbocycles. The van der Waals surface area contributed by atoms with E-state index in [-0.39, 0.29) is 56.0 Å². The topological polar surface area (TPSA) is 241 Å². The fourth-order valence-electron chi connectivity index (χ4n) is 4.49. The van der Waals surface area contributed by atoms with E-state index in [0.29, 0.717) is 12.1 Å². The standard InChI is InChI=1S/C31H38FN9O5/c32-21-10-8-20(9-11-21)26(42)12-13-27(43)39-25(16-22-17-36-18-38-22)30(46)41-24(15-19-5-2-1-3-6-19)29(45)40-23(28(33)44)7-4-14-37-31(34)35/h1-3,5-6,8-11,17-18,23-25H,4,7,12-16H2,(H2,33,44)(H,36,38)(H,39,43)(H,40,45)(H,41,46)(H4,34,35,37)/t23-,24-,25+/m1/s1. The maximum atomic E-state index is 13.6. The quantitative estimate of drug-likeness (QED) is 0.0433. The van der Waals surface area contributed by atoms with Crippen molar-refractivity contribution in [2.24, 2.45) is 22.2 Å². The largest absolute Gasteiger partial charge is 0.370 e. The number of rotatable bonds is 18. The summed E-state index contributed by atoms with van der Waals surface area (Å²) in [5.74, 6) is -3.69. The van der Waals surface area contributed by atoms with Gasteiger partial charge in [0.05, 0.1) is 6.33 Å². The second-order valence-corrected chi connectivity index (χ2v) is 10.5. The number of Topliss-reactive ketones (excluding diaryl/α,β-unsaturated/α-hetero) is 1. The number of carbonyl (C=O) groups excluding carboxylic acids is 5. The van der Waals surface area contributed by atoms with Gasteiger partial charge in [0.1, 0.15) is 23.9 Å². The SMILES string of the molecule is NC(=O)[C@@H](CCCN=C(N)N)NC(=O)[C@@H](Cc1ccccc1)NC(=O)[C@H](Cc1cnc[nH]1)NC(=O)CCC(=O)c1ccc(F)cc1. The van der Waals surface area contributed by atoms with E-state index in [2.05, 4.69) is 30.9 Å². The Kier molecular flexibility index (Phi) is 13.4. The zero-order valence-corrected chi connectivity index (χ0v) is 25.1. The van der Waals surface area contributed by atoms with E-state index in [1.807, 2.05) is 0 Å². The van der Waals surface area contributed by atoms with Gasteiger partial charge in [-0.15, -0.1) is 0 Å². The van der Waals surface area contributed by atoms with Crippen molar-refractivity contribution in [3.63, 3.8) is 0 Å². The van der Waals surface area contributed by atoms with E-state index in [1.54, 1.807) is 30.3 Å². The number of benzene rings is 2. The van der Waals surface area contributed by atoms with Crippen LogP contribution < -0.4 is 33.2 Å².